The molecular weight excluding hydrogens is 394 g/mol. The molecule has 4 rings (SSSR count). The minimum atomic E-state index is -3.61. The van der Waals surface area contributed by atoms with E-state index in [0.717, 1.165) is 17.9 Å². The van der Waals surface area contributed by atoms with E-state index in [4.69, 9.17) is 9.47 Å². The Morgan fingerprint density at radius 3 is 2.45 bits per heavy atom. The average Bonchev–Trinajstić information content (AvgIpc) is 2.99. The number of piperazine rings is 1. The van der Waals surface area contributed by atoms with Crippen molar-refractivity contribution in [3.8, 4) is 11.5 Å². The molecule has 0 unspecified atom stereocenters. The standard InChI is InChI=1S/C19H25N5O4S/c1-22(2)15-12-19(21-20-14-15)23-6-8-24(9-7-23)29(25,26)16-4-5-17-18(13-16)28-11-3-10-27-17/h4-5,12-14H,3,6-11H2,1-2H3. The quantitative estimate of drug-likeness (QED) is 0.731. The lowest BCUT2D eigenvalue weighted by Crippen LogP contribution is -2.49. The van der Waals surface area contributed by atoms with Gasteiger partial charge in [0.25, 0.3) is 0 Å². The van der Waals surface area contributed by atoms with Crippen LogP contribution in [0.15, 0.2) is 35.4 Å². The number of anilines is 2. The maximum Gasteiger partial charge on any atom is 0.243 e. The summed E-state index contributed by atoms with van der Waals surface area (Å²) in [5, 5.41) is 8.25. The molecule has 0 atom stereocenters. The molecule has 156 valence electrons. The van der Waals surface area contributed by atoms with Crippen LogP contribution in [-0.2, 0) is 10.0 Å². The van der Waals surface area contributed by atoms with Crippen molar-refractivity contribution >= 4 is 21.5 Å². The first-order chi connectivity index (χ1) is 13.9. The molecule has 2 aromatic rings. The zero-order chi connectivity index (χ0) is 20.4. The molecule has 1 saturated heterocycles. The summed E-state index contributed by atoms with van der Waals surface area (Å²) in [4.78, 5) is 4.24. The molecule has 29 heavy (non-hydrogen) atoms. The van der Waals surface area contributed by atoms with Crippen LogP contribution in [0.25, 0.3) is 0 Å². The van der Waals surface area contributed by atoms with Gasteiger partial charge in [0.1, 0.15) is 0 Å². The van der Waals surface area contributed by atoms with Gasteiger partial charge in [-0.1, -0.05) is 0 Å². The van der Waals surface area contributed by atoms with Gasteiger partial charge in [-0.15, -0.1) is 5.10 Å². The largest absolute Gasteiger partial charge is 0.490 e. The van der Waals surface area contributed by atoms with E-state index in [2.05, 4.69) is 15.1 Å². The molecule has 0 aliphatic carbocycles. The zero-order valence-corrected chi connectivity index (χ0v) is 17.4. The van der Waals surface area contributed by atoms with Gasteiger partial charge >= 0.3 is 0 Å². The lowest BCUT2D eigenvalue weighted by molar-refractivity contribution is 0.296. The van der Waals surface area contributed by atoms with Crippen molar-refractivity contribution in [1.82, 2.24) is 14.5 Å². The fourth-order valence-corrected chi connectivity index (χ4v) is 4.79. The topological polar surface area (TPSA) is 88.1 Å². The first-order valence-corrected chi connectivity index (χ1v) is 11.0. The molecule has 0 spiro atoms. The highest BCUT2D eigenvalue weighted by molar-refractivity contribution is 7.89. The summed E-state index contributed by atoms with van der Waals surface area (Å²) in [5.74, 6) is 1.83. The van der Waals surface area contributed by atoms with Gasteiger partial charge in [-0.3, -0.25) is 0 Å². The third kappa shape index (κ3) is 4.08. The molecule has 1 aromatic carbocycles. The van der Waals surface area contributed by atoms with Gasteiger partial charge in [-0.2, -0.15) is 9.40 Å². The van der Waals surface area contributed by atoms with E-state index in [1.807, 2.05) is 25.1 Å². The molecular formula is C19H25N5O4S. The summed E-state index contributed by atoms with van der Waals surface area (Å²) in [5.41, 5.74) is 0.956. The van der Waals surface area contributed by atoms with Gasteiger partial charge in [0, 0.05) is 58.8 Å². The molecule has 0 N–H and O–H groups in total. The maximum absolute atomic E-state index is 13.1. The minimum Gasteiger partial charge on any atom is -0.490 e. The first kappa shape index (κ1) is 19.7. The Hall–Kier alpha value is -2.59. The monoisotopic (exact) mass is 419 g/mol. The number of sulfonamides is 1. The van der Waals surface area contributed by atoms with Gasteiger partial charge in [0.15, 0.2) is 17.3 Å². The molecule has 0 radical (unpaired) electrons. The van der Waals surface area contributed by atoms with Crippen LogP contribution in [0.2, 0.25) is 0 Å². The Morgan fingerprint density at radius 2 is 1.72 bits per heavy atom. The number of hydrogen-bond acceptors (Lipinski definition) is 8. The summed E-state index contributed by atoms with van der Waals surface area (Å²) < 4.78 is 39.0. The lowest BCUT2D eigenvalue weighted by Gasteiger charge is -2.34. The second kappa shape index (κ2) is 8.03. The number of fused-ring (bicyclic) bond motifs is 1. The van der Waals surface area contributed by atoms with Gasteiger partial charge in [-0.25, -0.2) is 8.42 Å². The molecule has 3 heterocycles. The normalized spacial score (nSPS) is 17.7. The predicted molar refractivity (Wildman–Crippen MR) is 109 cm³/mol. The van der Waals surface area contributed by atoms with Crippen molar-refractivity contribution < 1.29 is 17.9 Å². The summed E-state index contributed by atoms with van der Waals surface area (Å²) in [6, 6.07) is 6.78. The Balaban J connectivity index is 1.48. The van der Waals surface area contributed by atoms with Gasteiger partial charge < -0.3 is 19.3 Å². The molecule has 10 heteroatoms. The Bertz CT molecular complexity index is 974. The lowest BCUT2D eigenvalue weighted by atomic mass is 10.3. The highest BCUT2D eigenvalue weighted by atomic mass is 32.2. The van der Waals surface area contributed by atoms with Crippen molar-refractivity contribution in [2.75, 3.05) is 63.3 Å². The Labute approximate surface area is 170 Å². The number of ether oxygens (including phenoxy) is 2. The molecule has 1 fully saturated rings. The van der Waals surface area contributed by atoms with Crippen LogP contribution in [0.5, 0.6) is 11.5 Å². The fourth-order valence-electron chi connectivity index (χ4n) is 3.36. The molecule has 0 bridgehead atoms. The highest BCUT2D eigenvalue weighted by Crippen LogP contribution is 2.33. The highest BCUT2D eigenvalue weighted by Gasteiger charge is 2.30. The van der Waals surface area contributed by atoms with Crippen LogP contribution < -0.4 is 19.3 Å². The number of nitrogens with zero attached hydrogens (tertiary/aromatic N) is 5. The molecule has 0 amide bonds. The van der Waals surface area contributed by atoms with Crippen molar-refractivity contribution in [1.29, 1.82) is 0 Å². The van der Waals surface area contributed by atoms with Crippen molar-refractivity contribution in [2.24, 2.45) is 0 Å². The molecule has 2 aliphatic heterocycles. The fraction of sp³-hybridized carbons (Fsp3) is 0.474. The number of rotatable bonds is 4. The van der Waals surface area contributed by atoms with E-state index in [1.165, 1.54) is 4.31 Å². The number of aromatic nitrogens is 2. The van der Waals surface area contributed by atoms with Crippen molar-refractivity contribution in [3.63, 3.8) is 0 Å². The summed E-state index contributed by atoms with van der Waals surface area (Å²) in [6.07, 6.45) is 2.48. The van der Waals surface area contributed by atoms with Crippen LogP contribution in [0.1, 0.15) is 6.42 Å². The first-order valence-electron chi connectivity index (χ1n) is 9.60. The van der Waals surface area contributed by atoms with Crippen LogP contribution >= 0.6 is 0 Å². The van der Waals surface area contributed by atoms with Crippen molar-refractivity contribution in [3.05, 3.63) is 30.5 Å². The number of hydrogen-bond donors (Lipinski definition) is 0. The van der Waals surface area contributed by atoms with E-state index in [9.17, 15) is 8.42 Å². The third-order valence-electron chi connectivity index (χ3n) is 5.06. The molecule has 1 aromatic heterocycles. The van der Waals surface area contributed by atoms with E-state index < -0.39 is 10.0 Å². The summed E-state index contributed by atoms with van der Waals surface area (Å²) >= 11 is 0. The van der Waals surface area contributed by atoms with Gasteiger partial charge in [0.05, 0.1) is 30.0 Å². The molecule has 2 aliphatic rings. The van der Waals surface area contributed by atoms with E-state index in [0.29, 0.717) is 50.9 Å². The SMILES string of the molecule is CN(C)c1cnnc(N2CCN(S(=O)(=O)c3ccc4c(c3)OCCCO4)CC2)c1. The maximum atomic E-state index is 13.1. The van der Waals surface area contributed by atoms with Crippen LogP contribution in [0, 0.1) is 0 Å². The van der Waals surface area contributed by atoms with Gasteiger partial charge in [0.2, 0.25) is 10.0 Å². The minimum absolute atomic E-state index is 0.226. The van der Waals surface area contributed by atoms with Crippen molar-refractivity contribution in [2.45, 2.75) is 11.3 Å². The Morgan fingerprint density at radius 1 is 1.00 bits per heavy atom. The summed E-state index contributed by atoms with van der Waals surface area (Å²) in [6.45, 7) is 2.95. The third-order valence-corrected chi connectivity index (χ3v) is 6.96. The zero-order valence-electron chi connectivity index (χ0n) is 16.6. The van der Waals surface area contributed by atoms with Gasteiger partial charge in [-0.05, 0) is 12.1 Å². The predicted octanol–water partition coefficient (Wildman–Crippen LogP) is 1.21. The smallest absolute Gasteiger partial charge is 0.243 e. The van der Waals surface area contributed by atoms with E-state index >= 15 is 0 Å². The summed E-state index contributed by atoms with van der Waals surface area (Å²) in [7, 11) is 0.282. The second-order valence-corrected chi connectivity index (χ2v) is 9.15. The Kier molecular flexibility index (Phi) is 5.46. The molecule has 9 nitrogen and oxygen atoms in total. The molecule has 0 saturated carbocycles. The number of benzene rings is 1. The van der Waals surface area contributed by atoms with Crippen LogP contribution in [0.3, 0.4) is 0 Å². The van der Waals surface area contributed by atoms with Crippen LogP contribution in [-0.4, -0.2) is 76.4 Å². The van der Waals surface area contributed by atoms with E-state index in [1.54, 1.807) is 24.4 Å². The van der Waals surface area contributed by atoms with Crippen LogP contribution in [0.4, 0.5) is 11.5 Å². The second-order valence-electron chi connectivity index (χ2n) is 7.22. The van der Waals surface area contributed by atoms with E-state index in [-0.39, 0.29) is 4.90 Å². The average molecular weight is 420 g/mol.